The van der Waals surface area contributed by atoms with E-state index in [1.54, 1.807) is 6.07 Å². The van der Waals surface area contributed by atoms with Crippen molar-refractivity contribution in [1.29, 1.82) is 0 Å². The van der Waals surface area contributed by atoms with Crippen LogP contribution in [0.4, 0.5) is 0 Å². The highest BCUT2D eigenvalue weighted by atomic mass is 35.5. The van der Waals surface area contributed by atoms with E-state index in [0.717, 1.165) is 17.5 Å². The molecule has 0 aliphatic heterocycles. The Kier molecular flexibility index (Phi) is 4.43. The van der Waals surface area contributed by atoms with Crippen LogP contribution in [0.3, 0.4) is 0 Å². The molecule has 0 heterocycles. The number of phenols is 1. The lowest BCUT2D eigenvalue weighted by Crippen LogP contribution is -2.11. The number of benzene rings is 1. The van der Waals surface area contributed by atoms with Crippen molar-refractivity contribution in [3.63, 3.8) is 0 Å². The molecule has 0 atom stereocenters. The Morgan fingerprint density at radius 2 is 2.00 bits per heavy atom. The lowest BCUT2D eigenvalue weighted by atomic mass is 9.85. The Labute approximate surface area is 103 Å². The molecular weight excluding hydrogens is 220 g/mol. The summed E-state index contributed by atoms with van der Waals surface area (Å²) in [6, 6.07) is 5.69. The van der Waals surface area contributed by atoms with E-state index < -0.39 is 0 Å². The summed E-state index contributed by atoms with van der Waals surface area (Å²) in [5, 5.41) is 9.80. The van der Waals surface area contributed by atoms with Gasteiger partial charge in [0, 0.05) is 5.88 Å². The van der Waals surface area contributed by atoms with E-state index >= 15 is 0 Å². The summed E-state index contributed by atoms with van der Waals surface area (Å²) in [6.07, 6.45) is 4.95. The second kappa shape index (κ2) is 5.40. The van der Waals surface area contributed by atoms with E-state index in [1.807, 2.05) is 24.3 Å². The van der Waals surface area contributed by atoms with Crippen LogP contribution in [0.1, 0.15) is 38.3 Å². The predicted octanol–water partition coefficient (Wildman–Crippen LogP) is 4.33. The smallest absolute Gasteiger partial charge is 0.119 e. The van der Waals surface area contributed by atoms with E-state index in [0.29, 0.717) is 11.6 Å². The number of halogens is 1. The molecule has 0 spiro atoms. The Morgan fingerprint density at radius 1 is 1.31 bits per heavy atom. The minimum Gasteiger partial charge on any atom is -0.508 e. The number of alkyl halides is 1. The zero-order valence-electron chi connectivity index (χ0n) is 10.1. The highest BCUT2D eigenvalue weighted by Crippen LogP contribution is 2.31. The van der Waals surface area contributed by atoms with Crippen molar-refractivity contribution in [3.05, 3.63) is 35.4 Å². The quantitative estimate of drug-likeness (QED) is 0.777. The number of phenolic OH excluding ortho intramolecular Hbond substituents is 1. The van der Waals surface area contributed by atoms with Gasteiger partial charge in [0.05, 0.1) is 0 Å². The lowest BCUT2D eigenvalue weighted by molar-refractivity contribution is 0.446. The van der Waals surface area contributed by atoms with Crippen molar-refractivity contribution < 1.29 is 5.11 Å². The minimum atomic E-state index is -0.0413. The standard InChI is InChI=1S/C14H19ClO/c1-14(2,3)12-10-11(6-4-5-9-15)7-8-13(12)16/h4,6-8,10,16H,5,9H2,1-3H3. The van der Waals surface area contributed by atoms with Gasteiger partial charge >= 0.3 is 0 Å². The number of allylic oxidation sites excluding steroid dienone is 1. The minimum absolute atomic E-state index is 0.0413. The number of aromatic hydroxyl groups is 1. The Hall–Kier alpha value is -0.950. The molecule has 0 saturated carbocycles. The molecule has 88 valence electrons. The second-order valence-electron chi connectivity index (χ2n) is 4.91. The van der Waals surface area contributed by atoms with Crippen LogP contribution < -0.4 is 0 Å². The van der Waals surface area contributed by atoms with Gasteiger partial charge in [-0.1, -0.05) is 39.0 Å². The lowest BCUT2D eigenvalue weighted by Gasteiger charge is -2.20. The summed E-state index contributed by atoms with van der Waals surface area (Å²) in [7, 11) is 0. The summed E-state index contributed by atoms with van der Waals surface area (Å²) in [4.78, 5) is 0. The summed E-state index contributed by atoms with van der Waals surface area (Å²) in [6.45, 7) is 6.27. The SMILES string of the molecule is CC(C)(C)c1cc(C=CCCCl)ccc1O. The third-order valence-corrected chi connectivity index (χ3v) is 2.63. The van der Waals surface area contributed by atoms with Crippen molar-refractivity contribution >= 4 is 17.7 Å². The Bertz CT molecular complexity index is 375. The zero-order valence-corrected chi connectivity index (χ0v) is 10.9. The van der Waals surface area contributed by atoms with Gasteiger partial charge in [0.2, 0.25) is 0 Å². The van der Waals surface area contributed by atoms with Gasteiger partial charge in [0.25, 0.3) is 0 Å². The normalized spacial score (nSPS) is 12.2. The molecule has 0 aliphatic carbocycles. The van der Waals surface area contributed by atoms with Crippen LogP contribution in [0.15, 0.2) is 24.3 Å². The van der Waals surface area contributed by atoms with E-state index in [2.05, 4.69) is 20.8 Å². The van der Waals surface area contributed by atoms with Gasteiger partial charge in [-0.05, 0) is 35.1 Å². The van der Waals surface area contributed by atoms with Gasteiger partial charge < -0.3 is 5.11 Å². The van der Waals surface area contributed by atoms with Crippen molar-refractivity contribution in [1.82, 2.24) is 0 Å². The summed E-state index contributed by atoms with van der Waals surface area (Å²) >= 11 is 5.61. The molecule has 0 bridgehead atoms. The summed E-state index contributed by atoms with van der Waals surface area (Å²) in [5.74, 6) is 1.00. The monoisotopic (exact) mass is 238 g/mol. The van der Waals surface area contributed by atoms with Gasteiger partial charge in [-0.2, -0.15) is 0 Å². The van der Waals surface area contributed by atoms with E-state index in [-0.39, 0.29) is 5.41 Å². The molecule has 1 rings (SSSR count). The van der Waals surface area contributed by atoms with Crippen molar-refractivity contribution in [2.45, 2.75) is 32.6 Å². The maximum atomic E-state index is 9.80. The molecule has 0 fully saturated rings. The van der Waals surface area contributed by atoms with Crippen LogP contribution in [-0.4, -0.2) is 11.0 Å². The molecule has 0 aliphatic rings. The topological polar surface area (TPSA) is 20.2 Å². The van der Waals surface area contributed by atoms with Crippen molar-refractivity contribution in [3.8, 4) is 5.75 Å². The van der Waals surface area contributed by atoms with Crippen LogP contribution >= 0.6 is 11.6 Å². The number of rotatable bonds is 3. The first-order valence-corrected chi connectivity index (χ1v) is 6.04. The van der Waals surface area contributed by atoms with Crippen LogP contribution in [0.5, 0.6) is 5.75 Å². The molecule has 0 radical (unpaired) electrons. The fourth-order valence-electron chi connectivity index (χ4n) is 1.54. The maximum absolute atomic E-state index is 9.80. The highest BCUT2D eigenvalue weighted by molar-refractivity contribution is 6.17. The van der Waals surface area contributed by atoms with E-state index in [9.17, 15) is 5.11 Å². The Balaban J connectivity index is 2.99. The summed E-state index contributed by atoms with van der Waals surface area (Å²) < 4.78 is 0. The van der Waals surface area contributed by atoms with Crippen LogP contribution in [0, 0.1) is 0 Å². The van der Waals surface area contributed by atoms with Gasteiger partial charge in [-0.25, -0.2) is 0 Å². The third-order valence-electron chi connectivity index (χ3n) is 2.41. The van der Waals surface area contributed by atoms with Crippen molar-refractivity contribution in [2.75, 3.05) is 5.88 Å². The van der Waals surface area contributed by atoms with E-state index in [1.165, 1.54) is 0 Å². The van der Waals surface area contributed by atoms with Gasteiger partial charge in [0.15, 0.2) is 0 Å². The van der Waals surface area contributed by atoms with E-state index in [4.69, 9.17) is 11.6 Å². The largest absolute Gasteiger partial charge is 0.508 e. The third kappa shape index (κ3) is 3.57. The molecule has 2 heteroatoms. The molecular formula is C14H19ClO. The average Bonchev–Trinajstić information content (AvgIpc) is 2.19. The molecule has 0 unspecified atom stereocenters. The Morgan fingerprint density at radius 3 is 2.56 bits per heavy atom. The first-order valence-electron chi connectivity index (χ1n) is 5.51. The first-order chi connectivity index (χ1) is 7.45. The van der Waals surface area contributed by atoms with Crippen LogP contribution in [0.25, 0.3) is 6.08 Å². The van der Waals surface area contributed by atoms with Gasteiger partial charge in [-0.15, -0.1) is 11.6 Å². The molecule has 0 aromatic heterocycles. The van der Waals surface area contributed by atoms with Gasteiger partial charge in [0.1, 0.15) is 5.75 Å². The maximum Gasteiger partial charge on any atom is 0.119 e. The first kappa shape index (κ1) is 13.1. The molecule has 1 aromatic carbocycles. The zero-order chi connectivity index (χ0) is 12.2. The fourth-order valence-corrected chi connectivity index (χ4v) is 1.67. The number of hydrogen-bond donors (Lipinski definition) is 1. The molecule has 1 N–H and O–H groups in total. The van der Waals surface area contributed by atoms with Crippen LogP contribution in [0.2, 0.25) is 0 Å². The highest BCUT2D eigenvalue weighted by Gasteiger charge is 2.17. The van der Waals surface area contributed by atoms with Crippen molar-refractivity contribution in [2.24, 2.45) is 0 Å². The second-order valence-corrected chi connectivity index (χ2v) is 5.28. The molecule has 0 amide bonds. The fraction of sp³-hybridized carbons (Fsp3) is 0.429. The number of hydrogen-bond acceptors (Lipinski definition) is 1. The summed E-state index contributed by atoms with van der Waals surface area (Å²) in [5.41, 5.74) is 2.04. The predicted molar refractivity (Wildman–Crippen MR) is 71.2 cm³/mol. The molecule has 16 heavy (non-hydrogen) atoms. The molecule has 0 saturated heterocycles. The van der Waals surface area contributed by atoms with Crippen LogP contribution in [-0.2, 0) is 5.41 Å². The average molecular weight is 239 g/mol. The molecule has 1 nitrogen and oxygen atoms in total. The van der Waals surface area contributed by atoms with Gasteiger partial charge in [-0.3, -0.25) is 0 Å². The molecule has 1 aromatic rings.